The van der Waals surface area contributed by atoms with Crippen molar-refractivity contribution in [2.75, 3.05) is 24.8 Å². The Labute approximate surface area is 146 Å². The molecule has 2 aliphatic heterocycles. The highest BCUT2D eigenvalue weighted by molar-refractivity contribution is 5.78. The highest BCUT2D eigenvalue weighted by Crippen LogP contribution is 2.32. The van der Waals surface area contributed by atoms with Gasteiger partial charge in [-0.2, -0.15) is 0 Å². The van der Waals surface area contributed by atoms with Gasteiger partial charge in [0.2, 0.25) is 18.6 Å². The SMILES string of the molecule is O=C(Cc1ccc2c(c1)OCO2)NCc1ccnc(N2CCCC2)n1. The van der Waals surface area contributed by atoms with E-state index in [2.05, 4.69) is 20.2 Å². The Morgan fingerprint density at radius 1 is 1.16 bits per heavy atom. The van der Waals surface area contributed by atoms with Crippen LogP contribution in [0.1, 0.15) is 24.1 Å². The van der Waals surface area contributed by atoms with Crippen LogP contribution in [0.5, 0.6) is 11.5 Å². The molecule has 7 heteroatoms. The molecule has 2 aromatic rings. The van der Waals surface area contributed by atoms with Crippen LogP contribution in [0.3, 0.4) is 0 Å². The van der Waals surface area contributed by atoms with Crippen LogP contribution < -0.4 is 19.7 Å². The number of nitrogens with zero attached hydrogens (tertiary/aromatic N) is 3. The lowest BCUT2D eigenvalue weighted by Crippen LogP contribution is -2.26. The molecule has 130 valence electrons. The summed E-state index contributed by atoms with van der Waals surface area (Å²) in [5.41, 5.74) is 1.71. The lowest BCUT2D eigenvalue weighted by molar-refractivity contribution is -0.120. The average Bonchev–Trinajstić information content (AvgIpc) is 3.31. The second-order valence-corrected chi connectivity index (χ2v) is 6.18. The monoisotopic (exact) mass is 340 g/mol. The maximum atomic E-state index is 12.2. The molecule has 1 saturated heterocycles. The quantitative estimate of drug-likeness (QED) is 0.892. The number of hydrogen-bond acceptors (Lipinski definition) is 6. The molecule has 0 bridgehead atoms. The minimum absolute atomic E-state index is 0.0554. The third-order valence-corrected chi connectivity index (χ3v) is 4.36. The Kier molecular flexibility index (Phi) is 4.37. The number of carbonyl (C=O) groups is 1. The first-order valence-corrected chi connectivity index (χ1v) is 8.50. The summed E-state index contributed by atoms with van der Waals surface area (Å²) in [5.74, 6) is 2.11. The van der Waals surface area contributed by atoms with E-state index in [-0.39, 0.29) is 12.7 Å². The highest BCUT2D eigenvalue weighted by atomic mass is 16.7. The van der Waals surface area contributed by atoms with Crippen molar-refractivity contribution in [2.45, 2.75) is 25.8 Å². The molecule has 1 fully saturated rings. The zero-order chi connectivity index (χ0) is 17.1. The zero-order valence-corrected chi connectivity index (χ0v) is 13.9. The van der Waals surface area contributed by atoms with E-state index in [0.29, 0.717) is 18.7 Å². The second kappa shape index (κ2) is 6.96. The van der Waals surface area contributed by atoms with Crippen molar-refractivity contribution >= 4 is 11.9 Å². The van der Waals surface area contributed by atoms with E-state index in [9.17, 15) is 4.79 Å². The average molecular weight is 340 g/mol. The third-order valence-electron chi connectivity index (χ3n) is 4.36. The highest BCUT2D eigenvalue weighted by Gasteiger charge is 2.16. The minimum atomic E-state index is -0.0554. The van der Waals surface area contributed by atoms with Crippen molar-refractivity contribution in [3.63, 3.8) is 0 Å². The van der Waals surface area contributed by atoms with Gasteiger partial charge < -0.3 is 19.7 Å². The Balaban J connectivity index is 1.33. The van der Waals surface area contributed by atoms with E-state index in [0.717, 1.165) is 36.0 Å². The number of amides is 1. The number of benzene rings is 1. The Hall–Kier alpha value is -2.83. The van der Waals surface area contributed by atoms with Crippen LogP contribution in [-0.4, -0.2) is 35.8 Å². The number of rotatable bonds is 5. The van der Waals surface area contributed by atoms with Gasteiger partial charge in [-0.3, -0.25) is 4.79 Å². The fourth-order valence-corrected chi connectivity index (χ4v) is 3.04. The summed E-state index contributed by atoms with van der Waals surface area (Å²) in [6.45, 7) is 2.63. The van der Waals surface area contributed by atoms with Gasteiger partial charge in [0.1, 0.15) is 0 Å². The van der Waals surface area contributed by atoms with Crippen LogP contribution in [0.15, 0.2) is 30.5 Å². The van der Waals surface area contributed by atoms with E-state index in [4.69, 9.17) is 9.47 Å². The molecule has 3 heterocycles. The van der Waals surface area contributed by atoms with Crippen LogP contribution in [0.4, 0.5) is 5.95 Å². The fraction of sp³-hybridized carbons (Fsp3) is 0.389. The molecule has 0 saturated carbocycles. The van der Waals surface area contributed by atoms with Crippen LogP contribution in [0.2, 0.25) is 0 Å². The smallest absolute Gasteiger partial charge is 0.231 e. The van der Waals surface area contributed by atoms with Gasteiger partial charge in [-0.15, -0.1) is 0 Å². The molecule has 25 heavy (non-hydrogen) atoms. The Morgan fingerprint density at radius 2 is 2.00 bits per heavy atom. The van der Waals surface area contributed by atoms with Gasteiger partial charge in [0, 0.05) is 19.3 Å². The molecule has 0 unspecified atom stereocenters. The summed E-state index contributed by atoms with van der Waals surface area (Å²) >= 11 is 0. The normalized spacial score (nSPS) is 15.4. The van der Waals surface area contributed by atoms with Gasteiger partial charge in [-0.25, -0.2) is 9.97 Å². The first kappa shape index (κ1) is 15.7. The van der Waals surface area contributed by atoms with Crippen molar-refractivity contribution in [3.05, 3.63) is 41.7 Å². The molecule has 1 aromatic heterocycles. The standard InChI is InChI=1S/C18H20N4O3/c23-17(10-13-3-4-15-16(9-13)25-12-24-15)20-11-14-5-6-19-18(21-14)22-7-1-2-8-22/h3-6,9H,1-2,7-8,10-12H2,(H,20,23). The van der Waals surface area contributed by atoms with Crippen molar-refractivity contribution in [2.24, 2.45) is 0 Å². The molecule has 0 aliphatic carbocycles. The van der Waals surface area contributed by atoms with Gasteiger partial charge in [-0.1, -0.05) is 6.07 Å². The number of carbonyl (C=O) groups excluding carboxylic acids is 1. The summed E-state index contributed by atoms with van der Waals surface area (Å²) < 4.78 is 10.6. The van der Waals surface area contributed by atoms with Crippen LogP contribution in [0.25, 0.3) is 0 Å². The van der Waals surface area contributed by atoms with Crippen molar-refractivity contribution in [1.29, 1.82) is 0 Å². The Bertz CT molecular complexity index is 775. The maximum Gasteiger partial charge on any atom is 0.231 e. The summed E-state index contributed by atoms with van der Waals surface area (Å²) in [7, 11) is 0. The number of nitrogens with one attached hydrogen (secondary N) is 1. The summed E-state index contributed by atoms with van der Waals surface area (Å²) in [6.07, 6.45) is 4.40. The van der Waals surface area contributed by atoms with Gasteiger partial charge in [0.25, 0.3) is 0 Å². The zero-order valence-electron chi connectivity index (χ0n) is 13.9. The van der Waals surface area contributed by atoms with E-state index >= 15 is 0 Å². The molecule has 2 aliphatic rings. The van der Waals surface area contributed by atoms with E-state index in [1.165, 1.54) is 12.8 Å². The molecule has 4 rings (SSSR count). The van der Waals surface area contributed by atoms with Gasteiger partial charge in [0.05, 0.1) is 18.7 Å². The predicted octanol–water partition coefficient (Wildman–Crippen LogP) is 1.66. The van der Waals surface area contributed by atoms with Crippen LogP contribution in [-0.2, 0) is 17.8 Å². The largest absolute Gasteiger partial charge is 0.454 e. The molecule has 1 aromatic carbocycles. The lowest BCUT2D eigenvalue weighted by atomic mass is 10.1. The first-order valence-electron chi connectivity index (χ1n) is 8.50. The number of fused-ring (bicyclic) bond motifs is 1. The molecule has 0 radical (unpaired) electrons. The van der Waals surface area contributed by atoms with Crippen molar-refractivity contribution in [1.82, 2.24) is 15.3 Å². The summed E-state index contributed by atoms with van der Waals surface area (Å²) in [5, 5.41) is 2.91. The van der Waals surface area contributed by atoms with Crippen LogP contribution >= 0.6 is 0 Å². The molecular weight excluding hydrogens is 320 g/mol. The van der Waals surface area contributed by atoms with Crippen LogP contribution in [0, 0.1) is 0 Å². The predicted molar refractivity (Wildman–Crippen MR) is 91.6 cm³/mol. The summed E-state index contributed by atoms with van der Waals surface area (Å²) in [6, 6.07) is 7.39. The molecule has 0 spiro atoms. The van der Waals surface area contributed by atoms with Gasteiger partial charge >= 0.3 is 0 Å². The first-order chi connectivity index (χ1) is 12.3. The van der Waals surface area contributed by atoms with E-state index < -0.39 is 0 Å². The molecule has 0 atom stereocenters. The second-order valence-electron chi connectivity index (χ2n) is 6.18. The van der Waals surface area contributed by atoms with E-state index in [1.807, 2.05) is 24.3 Å². The molecular formula is C18H20N4O3. The van der Waals surface area contributed by atoms with E-state index in [1.54, 1.807) is 6.20 Å². The number of hydrogen-bond donors (Lipinski definition) is 1. The molecule has 1 N–H and O–H groups in total. The molecule has 1 amide bonds. The minimum Gasteiger partial charge on any atom is -0.454 e. The van der Waals surface area contributed by atoms with Gasteiger partial charge in [-0.05, 0) is 36.6 Å². The van der Waals surface area contributed by atoms with Gasteiger partial charge in [0.15, 0.2) is 11.5 Å². The summed E-state index contributed by atoms with van der Waals surface area (Å²) in [4.78, 5) is 23.2. The molecule has 7 nitrogen and oxygen atoms in total. The topological polar surface area (TPSA) is 76.6 Å². The fourth-order valence-electron chi connectivity index (χ4n) is 3.04. The lowest BCUT2D eigenvalue weighted by Gasteiger charge is -2.15. The number of ether oxygens (including phenoxy) is 2. The van der Waals surface area contributed by atoms with Crippen molar-refractivity contribution in [3.8, 4) is 11.5 Å². The third kappa shape index (κ3) is 3.65. The van der Waals surface area contributed by atoms with Crippen molar-refractivity contribution < 1.29 is 14.3 Å². The number of aromatic nitrogens is 2. The maximum absolute atomic E-state index is 12.2. The Morgan fingerprint density at radius 3 is 2.88 bits per heavy atom. The number of anilines is 1.